The Balaban J connectivity index is 1.28. The average molecular weight is 498 g/mol. The molecule has 3 aromatic heterocycles. The summed E-state index contributed by atoms with van der Waals surface area (Å²) < 4.78 is 8.23. The second kappa shape index (κ2) is 9.33. The molecule has 0 spiro atoms. The number of carbonyl (C=O) groups excluding carboxylic acids is 1. The molecule has 35 heavy (non-hydrogen) atoms. The molecule has 1 amide bonds. The fourth-order valence-corrected chi connectivity index (χ4v) is 5.30. The van der Waals surface area contributed by atoms with E-state index in [1.807, 2.05) is 28.6 Å². The zero-order valence-corrected chi connectivity index (χ0v) is 20.5. The predicted molar refractivity (Wildman–Crippen MR) is 131 cm³/mol. The van der Waals surface area contributed by atoms with E-state index in [0.29, 0.717) is 30.6 Å². The lowest BCUT2D eigenvalue weighted by Gasteiger charge is -2.33. The Morgan fingerprint density at radius 2 is 2.14 bits per heavy atom. The van der Waals surface area contributed by atoms with E-state index in [-0.39, 0.29) is 23.0 Å². The Hall–Kier alpha value is -3.40. The minimum absolute atomic E-state index is 0.00211. The van der Waals surface area contributed by atoms with Crippen LogP contribution in [-0.4, -0.2) is 50.1 Å². The van der Waals surface area contributed by atoms with Crippen molar-refractivity contribution in [2.75, 3.05) is 18.0 Å². The van der Waals surface area contributed by atoms with Crippen LogP contribution in [0, 0.1) is 25.7 Å². The number of nitrogens with zero attached hydrogens (tertiary/aromatic N) is 5. The number of H-pyrrole nitrogens is 1. The van der Waals surface area contributed by atoms with Crippen molar-refractivity contribution in [3.8, 4) is 17.0 Å². The van der Waals surface area contributed by atoms with Gasteiger partial charge in [0, 0.05) is 48.9 Å². The summed E-state index contributed by atoms with van der Waals surface area (Å²) in [6.45, 7) is 6.14. The first-order valence-electron chi connectivity index (χ1n) is 11.7. The second-order valence-electron chi connectivity index (χ2n) is 9.42. The summed E-state index contributed by atoms with van der Waals surface area (Å²) >= 11 is 6.16. The van der Waals surface area contributed by atoms with Crippen molar-refractivity contribution in [1.82, 2.24) is 25.0 Å². The molecule has 2 fully saturated rings. The molecule has 0 bridgehead atoms. The summed E-state index contributed by atoms with van der Waals surface area (Å²) in [5, 5.41) is 11.1. The van der Waals surface area contributed by atoms with Crippen LogP contribution in [0.4, 0.5) is 5.69 Å². The normalized spacial score (nSPS) is 21.7. The maximum absolute atomic E-state index is 11.8. The smallest absolute Gasteiger partial charge is 0.285 e. The van der Waals surface area contributed by atoms with Crippen LogP contribution in [0.1, 0.15) is 30.7 Å². The number of amides is 1. The lowest BCUT2D eigenvalue weighted by atomic mass is 9.74. The fourth-order valence-electron chi connectivity index (χ4n) is 5.09. The van der Waals surface area contributed by atoms with Crippen molar-refractivity contribution < 1.29 is 9.53 Å². The standard InChI is InChI=1S/C24H28ClN7O3/c1-13-21(14(2)32(30-13)11-15-7-17(8-15)23(26)33)16-3-5-27-20(9-16)35-18-4-6-31(12-18)19-10-28-29-24(34)22(19)25/h3,5,9-10,15,17-18H,4,6-8,11-12H2,1-2H3,(H2,26,33)(H,29,34)/t15?,17?,18-/m1/s1. The Morgan fingerprint density at radius 3 is 2.91 bits per heavy atom. The van der Waals surface area contributed by atoms with E-state index in [9.17, 15) is 9.59 Å². The van der Waals surface area contributed by atoms with Crippen molar-refractivity contribution in [2.24, 2.45) is 17.6 Å². The number of anilines is 1. The molecule has 3 N–H and O–H groups in total. The Bertz CT molecular complexity index is 1310. The number of nitrogens with one attached hydrogen (secondary N) is 1. The zero-order valence-electron chi connectivity index (χ0n) is 19.7. The lowest BCUT2D eigenvalue weighted by Crippen LogP contribution is -2.37. The minimum atomic E-state index is -0.404. The molecule has 5 rings (SSSR count). The fraction of sp³-hybridized carbons (Fsp3) is 0.458. The first kappa shape index (κ1) is 23.3. The number of nitrogens with two attached hydrogens (primary N) is 1. The van der Waals surface area contributed by atoms with Gasteiger partial charge < -0.3 is 15.4 Å². The predicted octanol–water partition coefficient (Wildman–Crippen LogP) is 2.47. The third-order valence-corrected chi connectivity index (χ3v) is 7.39. The molecule has 1 atom stereocenters. The molecule has 2 aliphatic rings. The second-order valence-corrected chi connectivity index (χ2v) is 9.80. The monoisotopic (exact) mass is 497 g/mol. The lowest BCUT2D eigenvalue weighted by molar-refractivity contribution is -0.125. The van der Waals surface area contributed by atoms with Crippen LogP contribution < -0.4 is 20.9 Å². The average Bonchev–Trinajstić information content (AvgIpc) is 3.36. The summed E-state index contributed by atoms with van der Waals surface area (Å²) in [6.07, 6.45) is 5.65. The van der Waals surface area contributed by atoms with Crippen LogP contribution in [0.3, 0.4) is 0 Å². The van der Waals surface area contributed by atoms with E-state index >= 15 is 0 Å². The van der Waals surface area contributed by atoms with Crippen molar-refractivity contribution in [3.63, 3.8) is 0 Å². The zero-order chi connectivity index (χ0) is 24.7. The first-order chi connectivity index (χ1) is 16.8. The van der Waals surface area contributed by atoms with Crippen molar-refractivity contribution in [3.05, 3.63) is 51.3 Å². The van der Waals surface area contributed by atoms with Crippen LogP contribution in [0.5, 0.6) is 5.88 Å². The number of pyridine rings is 1. The number of aromatic amines is 1. The van der Waals surface area contributed by atoms with Gasteiger partial charge in [0.1, 0.15) is 11.1 Å². The molecule has 184 valence electrons. The summed E-state index contributed by atoms with van der Waals surface area (Å²) in [7, 11) is 0. The van der Waals surface area contributed by atoms with E-state index < -0.39 is 5.56 Å². The van der Waals surface area contributed by atoms with E-state index in [4.69, 9.17) is 27.2 Å². The van der Waals surface area contributed by atoms with Gasteiger partial charge in [-0.05, 0) is 44.2 Å². The number of aryl methyl sites for hydroxylation is 1. The summed E-state index contributed by atoms with van der Waals surface area (Å²) in [6, 6.07) is 3.90. The van der Waals surface area contributed by atoms with Crippen LogP contribution in [0.25, 0.3) is 11.1 Å². The Kier molecular flexibility index (Phi) is 6.22. The quantitative estimate of drug-likeness (QED) is 0.512. The number of hydrogen-bond donors (Lipinski definition) is 2. The van der Waals surface area contributed by atoms with Gasteiger partial charge in [0.2, 0.25) is 11.8 Å². The summed E-state index contributed by atoms with van der Waals surface area (Å²) in [5.74, 6) is 0.753. The summed E-state index contributed by atoms with van der Waals surface area (Å²) in [4.78, 5) is 29.5. The molecule has 0 unspecified atom stereocenters. The molecule has 10 nitrogen and oxygen atoms in total. The van der Waals surface area contributed by atoms with E-state index in [2.05, 4.69) is 22.1 Å². The Morgan fingerprint density at radius 1 is 1.34 bits per heavy atom. The number of ether oxygens (including phenoxy) is 1. The third kappa shape index (κ3) is 4.62. The number of primary amides is 1. The first-order valence-corrected chi connectivity index (χ1v) is 12.1. The number of aromatic nitrogens is 5. The molecule has 0 aromatic carbocycles. The molecule has 11 heteroatoms. The minimum Gasteiger partial charge on any atom is -0.472 e. The van der Waals surface area contributed by atoms with Gasteiger partial charge in [0.25, 0.3) is 5.56 Å². The molecule has 0 radical (unpaired) electrons. The molecule has 4 heterocycles. The van der Waals surface area contributed by atoms with E-state index in [1.165, 1.54) is 0 Å². The van der Waals surface area contributed by atoms with Crippen LogP contribution >= 0.6 is 11.6 Å². The van der Waals surface area contributed by atoms with Crippen LogP contribution in [0.2, 0.25) is 5.02 Å². The van der Waals surface area contributed by atoms with Gasteiger partial charge in [-0.15, -0.1) is 0 Å². The number of halogens is 1. The molecular formula is C24H28ClN7O3. The van der Waals surface area contributed by atoms with Gasteiger partial charge in [-0.1, -0.05) is 11.6 Å². The van der Waals surface area contributed by atoms with Gasteiger partial charge in [-0.2, -0.15) is 10.2 Å². The van der Waals surface area contributed by atoms with Crippen LogP contribution in [-0.2, 0) is 11.3 Å². The topological polar surface area (TPSA) is 132 Å². The highest BCUT2D eigenvalue weighted by Gasteiger charge is 2.34. The highest BCUT2D eigenvalue weighted by Crippen LogP contribution is 2.36. The maximum Gasteiger partial charge on any atom is 0.285 e. The highest BCUT2D eigenvalue weighted by molar-refractivity contribution is 6.33. The molecule has 1 aliphatic heterocycles. The largest absolute Gasteiger partial charge is 0.472 e. The number of rotatable bonds is 7. The van der Waals surface area contributed by atoms with Crippen molar-refractivity contribution >= 4 is 23.2 Å². The SMILES string of the molecule is Cc1nn(CC2CC(C(N)=O)C2)c(C)c1-c1ccnc(O[C@@H]2CCN(c3cn[nH]c(=O)c3Cl)C2)c1. The van der Waals surface area contributed by atoms with Gasteiger partial charge >= 0.3 is 0 Å². The summed E-state index contributed by atoms with van der Waals surface area (Å²) in [5.41, 5.74) is 9.69. The van der Waals surface area contributed by atoms with Gasteiger partial charge in [-0.25, -0.2) is 10.1 Å². The van der Waals surface area contributed by atoms with Crippen molar-refractivity contribution in [1.29, 1.82) is 0 Å². The van der Waals surface area contributed by atoms with Crippen LogP contribution in [0.15, 0.2) is 29.3 Å². The van der Waals surface area contributed by atoms with E-state index in [0.717, 1.165) is 48.3 Å². The third-order valence-electron chi connectivity index (χ3n) is 7.02. The van der Waals surface area contributed by atoms with Gasteiger partial charge in [0.05, 0.1) is 24.1 Å². The molecule has 1 saturated heterocycles. The molecule has 3 aromatic rings. The molecular weight excluding hydrogens is 470 g/mol. The molecule has 1 aliphatic carbocycles. The van der Waals surface area contributed by atoms with Gasteiger partial charge in [0.15, 0.2) is 0 Å². The number of hydrogen-bond acceptors (Lipinski definition) is 7. The van der Waals surface area contributed by atoms with Gasteiger partial charge in [-0.3, -0.25) is 14.3 Å². The van der Waals surface area contributed by atoms with E-state index in [1.54, 1.807) is 12.4 Å². The maximum atomic E-state index is 11.8. The van der Waals surface area contributed by atoms with Crippen molar-refractivity contribution in [2.45, 2.75) is 45.8 Å². The number of carbonyl (C=O) groups is 1. The molecule has 1 saturated carbocycles. The Labute approximate surface area is 207 Å². The highest BCUT2D eigenvalue weighted by atomic mass is 35.5.